The molecule has 0 bridgehead atoms. The van der Waals surface area contributed by atoms with Crippen LogP contribution in [0.5, 0.6) is 5.75 Å². The van der Waals surface area contributed by atoms with Gasteiger partial charge < -0.3 is 15.6 Å². The van der Waals surface area contributed by atoms with Crippen molar-refractivity contribution >= 4 is 5.97 Å². The lowest BCUT2D eigenvalue weighted by Crippen LogP contribution is -2.32. The van der Waals surface area contributed by atoms with Crippen molar-refractivity contribution in [3.8, 4) is 5.75 Å². The molecule has 1 unspecified atom stereocenters. The molecule has 0 aliphatic rings. The second-order valence-corrected chi connectivity index (χ2v) is 3.92. The van der Waals surface area contributed by atoms with Crippen molar-refractivity contribution in [1.29, 1.82) is 0 Å². The molecule has 0 aromatic heterocycles. The van der Waals surface area contributed by atoms with E-state index in [0.717, 1.165) is 22.4 Å². The van der Waals surface area contributed by atoms with Crippen LogP contribution < -0.4 is 10.5 Å². The molecular formula is C12H17NO3. The number of aryl methyl sites for hydroxylation is 2. The monoisotopic (exact) mass is 223 g/mol. The van der Waals surface area contributed by atoms with Crippen LogP contribution in [0, 0.1) is 13.8 Å². The predicted molar refractivity (Wildman–Crippen MR) is 61.8 cm³/mol. The van der Waals surface area contributed by atoms with Crippen LogP contribution in [-0.4, -0.2) is 24.2 Å². The van der Waals surface area contributed by atoms with Crippen molar-refractivity contribution in [1.82, 2.24) is 0 Å². The SMILES string of the molecule is COc1c(C)cc(C)cc1CC(N)C(=O)O. The van der Waals surface area contributed by atoms with E-state index in [-0.39, 0.29) is 6.42 Å². The number of hydrogen-bond acceptors (Lipinski definition) is 3. The van der Waals surface area contributed by atoms with Gasteiger partial charge in [0.05, 0.1) is 7.11 Å². The molecule has 4 heteroatoms. The number of nitrogens with two attached hydrogens (primary N) is 1. The molecule has 88 valence electrons. The van der Waals surface area contributed by atoms with Crippen molar-refractivity contribution in [3.05, 3.63) is 28.8 Å². The minimum Gasteiger partial charge on any atom is -0.496 e. The summed E-state index contributed by atoms with van der Waals surface area (Å²) in [6, 6.07) is 3.01. The minimum absolute atomic E-state index is 0.279. The van der Waals surface area contributed by atoms with E-state index < -0.39 is 12.0 Å². The summed E-state index contributed by atoms with van der Waals surface area (Å²) in [6.07, 6.45) is 0.279. The Kier molecular flexibility index (Phi) is 3.90. The van der Waals surface area contributed by atoms with Gasteiger partial charge in [-0.05, 0) is 25.0 Å². The Morgan fingerprint density at radius 2 is 2.12 bits per heavy atom. The van der Waals surface area contributed by atoms with Crippen LogP contribution in [0.2, 0.25) is 0 Å². The summed E-state index contributed by atoms with van der Waals surface area (Å²) in [6.45, 7) is 3.89. The summed E-state index contributed by atoms with van der Waals surface area (Å²) in [5.74, 6) is -0.275. The van der Waals surface area contributed by atoms with Gasteiger partial charge in [-0.25, -0.2) is 0 Å². The number of aliphatic carboxylic acids is 1. The summed E-state index contributed by atoms with van der Waals surface area (Å²) in [5.41, 5.74) is 8.43. The highest BCUT2D eigenvalue weighted by Crippen LogP contribution is 2.25. The van der Waals surface area contributed by atoms with Crippen LogP contribution in [0.1, 0.15) is 16.7 Å². The van der Waals surface area contributed by atoms with Crippen LogP contribution >= 0.6 is 0 Å². The third-order valence-electron chi connectivity index (χ3n) is 2.46. The van der Waals surface area contributed by atoms with Gasteiger partial charge >= 0.3 is 5.97 Å². The number of hydrogen-bond donors (Lipinski definition) is 2. The second kappa shape index (κ2) is 4.99. The summed E-state index contributed by atoms with van der Waals surface area (Å²) >= 11 is 0. The molecule has 0 aliphatic heterocycles. The first-order valence-corrected chi connectivity index (χ1v) is 5.08. The van der Waals surface area contributed by atoms with E-state index in [4.69, 9.17) is 15.6 Å². The van der Waals surface area contributed by atoms with E-state index in [1.165, 1.54) is 0 Å². The molecule has 3 N–H and O–H groups in total. The van der Waals surface area contributed by atoms with Gasteiger partial charge in [0, 0.05) is 6.42 Å². The van der Waals surface area contributed by atoms with Crippen LogP contribution in [0.25, 0.3) is 0 Å². The van der Waals surface area contributed by atoms with E-state index in [1.807, 2.05) is 26.0 Å². The van der Waals surface area contributed by atoms with Gasteiger partial charge in [-0.15, -0.1) is 0 Å². The minimum atomic E-state index is -0.999. The largest absolute Gasteiger partial charge is 0.496 e. The van der Waals surface area contributed by atoms with Crippen molar-refractivity contribution < 1.29 is 14.6 Å². The number of benzene rings is 1. The Hall–Kier alpha value is -1.55. The molecule has 0 saturated carbocycles. The van der Waals surface area contributed by atoms with Crippen molar-refractivity contribution in [3.63, 3.8) is 0 Å². The molecule has 1 aromatic rings. The zero-order valence-corrected chi connectivity index (χ0v) is 9.78. The molecule has 0 radical (unpaired) electrons. The predicted octanol–water partition coefficient (Wildman–Crippen LogP) is 1.27. The van der Waals surface area contributed by atoms with Gasteiger partial charge in [0.15, 0.2) is 0 Å². The maximum atomic E-state index is 10.7. The van der Waals surface area contributed by atoms with E-state index >= 15 is 0 Å². The molecule has 0 amide bonds. The van der Waals surface area contributed by atoms with Gasteiger partial charge in [-0.1, -0.05) is 17.7 Å². The Morgan fingerprint density at radius 3 is 2.62 bits per heavy atom. The lowest BCUT2D eigenvalue weighted by Gasteiger charge is -2.14. The number of carbonyl (C=O) groups is 1. The third kappa shape index (κ3) is 2.73. The van der Waals surface area contributed by atoms with Gasteiger partial charge in [0.2, 0.25) is 0 Å². The zero-order chi connectivity index (χ0) is 12.3. The van der Waals surface area contributed by atoms with Gasteiger partial charge in [0.25, 0.3) is 0 Å². The van der Waals surface area contributed by atoms with Crippen molar-refractivity contribution in [2.24, 2.45) is 5.73 Å². The standard InChI is InChI=1S/C12H17NO3/c1-7-4-8(2)11(16-3)9(5-7)6-10(13)12(14)15/h4-5,10H,6,13H2,1-3H3,(H,14,15). The maximum Gasteiger partial charge on any atom is 0.320 e. The average molecular weight is 223 g/mol. The topological polar surface area (TPSA) is 72.5 Å². The second-order valence-electron chi connectivity index (χ2n) is 3.92. The number of ether oxygens (including phenoxy) is 1. The highest BCUT2D eigenvalue weighted by atomic mass is 16.5. The van der Waals surface area contributed by atoms with E-state index in [9.17, 15) is 4.79 Å². The van der Waals surface area contributed by atoms with Gasteiger partial charge in [0.1, 0.15) is 11.8 Å². The Balaban J connectivity index is 3.07. The molecule has 16 heavy (non-hydrogen) atoms. The molecule has 0 heterocycles. The first-order chi connectivity index (χ1) is 7.45. The Morgan fingerprint density at radius 1 is 1.50 bits per heavy atom. The van der Waals surface area contributed by atoms with Crippen LogP contribution in [-0.2, 0) is 11.2 Å². The maximum absolute atomic E-state index is 10.7. The molecule has 0 spiro atoms. The molecule has 1 atom stereocenters. The zero-order valence-electron chi connectivity index (χ0n) is 9.78. The highest BCUT2D eigenvalue weighted by molar-refractivity contribution is 5.73. The molecule has 1 aromatic carbocycles. The fraction of sp³-hybridized carbons (Fsp3) is 0.417. The lowest BCUT2D eigenvalue weighted by molar-refractivity contribution is -0.138. The fourth-order valence-corrected chi connectivity index (χ4v) is 1.81. The number of rotatable bonds is 4. The van der Waals surface area contributed by atoms with E-state index in [0.29, 0.717) is 0 Å². The van der Waals surface area contributed by atoms with Gasteiger partial charge in [-0.3, -0.25) is 4.79 Å². The molecule has 0 aliphatic carbocycles. The Labute approximate surface area is 95.0 Å². The normalized spacial score (nSPS) is 12.2. The molecule has 4 nitrogen and oxygen atoms in total. The summed E-state index contributed by atoms with van der Waals surface area (Å²) in [4.78, 5) is 10.7. The smallest absolute Gasteiger partial charge is 0.320 e. The molecular weight excluding hydrogens is 206 g/mol. The number of carboxylic acids is 1. The Bertz CT molecular complexity index is 401. The fourth-order valence-electron chi connectivity index (χ4n) is 1.81. The quantitative estimate of drug-likeness (QED) is 0.806. The summed E-state index contributed by atoms with van der Waals surface area (Å²) < 4.78 is 5.26. The summed E-state index contributed by atoms with van der Waals surface area (Å²) in [5, 5.41) is 8.78. The van der Waals surface area contributed by atoms with Crippen LogP contribution in [0.4, 0.5) is 0 Å². The van der Waals surface area contributed by atoms with Crippen molar-refractivity contribution in [2.45, 2.75) is 26.3 Å². The van der Waals surface area contributed by atoms with E-state index in [2.05, 4.69) is 0 Å². The molecule has 0 saturated heterocycles. The average Bonchev–Trinajstić information content (AvgIpc) is 2.16. The first kappa shape index (κ1) is 12.5. The van der Waals surface area contributed by atoms with Gasteiger partial charge in [-0.2, -0.15) is 0 Å². The third-order valence-corrected chi connectivity index (χ3v) is 2.46. The highest BCUT2D eigenvalue weighted by Gasteiger charge is 2.16. The van der Waals surface area contributed by atoms with Crippen LogP contribution in [0.3, 0.4) is 0 Å². The van der Waals surface area contributed by atoms with Crippen LogP contribution in [0.15, 0.2) is 12.1 Å². The van der Waals surface area contributed by atoms with E-state index in [1.54, 1.807) is 7.11 Å². The molecule has 1 rings (SSSR count). The lowest BCUT2D eigenvalue weighted by atomic mass is 10.00. The molecule has 0 fully saturated rings. The number of methoxy groups -OCH3 is 1. The number of carboxylic acid groups (broad SMARTS) is 1. The summed E-state index contributed by atoms with van der Waals surface area (Å²) in [7, 11) is 1.58. The van der Waals surface area contributed by atoms with Crippen molar-refractivity contribution in [2.75, 3.05) is 7.11 Å². The first-order valence-electron chi connectivity index (χ1n) is 5.08.